The molecule has 2 heteroatoms. The van der Waals surface area contributed by atoms with Crippen LogP contribution in [0.5, 0.6) is 0 Å². The van der Waals surface area contributed by atoms with Crippen LogP contribution in [0, 0.1) is 0 Å². The zero-order chi connectivity index (χ0) is 8.10. The SMILES string of the molecule is O=[C]([Pd])C=Cc1ccccc1. The molecule has 1 aromatic rings. The summed E-state index contributed by atoms with van der Waals surface area (Å²) in [5.41, 5.74) is 1.03. The van der Waals surface area contributed by atoms with Crippen LogP contribution in [0.3, 0.4) is 0 Å². The van der Waals surface area contributed by atoms with Gasteiger partial charge in [-0.1, -0.05) is 0 Å². The molecule has 1 aromatic carbocycles. The Morgan fingerprint density at radius 3 is 2.45 bits per heavy atom. The molecule has 0 bridgehead atoms. The summed E-state index contributed by atoms with van der Waals surface area (Å²) >= 11 is 2.55. The normalized spacial score (nSPS) is 10.4. The summed E-state index contributed by atoms with van der Waals surface area (Å²) < 4.78 is -0.0724. The van der Waals surface area contributed by atoms with E-state index in [0.717, 1.165) is 5.56 Å². The molecule has 0 aliphatic carbocycles. The van der Waals surface area contributed by atoms with Crippen LogP contribution in [0.25, 0.3) is 6.08 Å². The van der Waals surface area contributed by atoms with E-state index >= 15 is 0 Å². The Labute approximate surface area is 76.5 Å². The van der Waals surface area contributed by atoms with Crippen molar-refractivity contribution in [3.05, 3.63) is 42.0 Å². The second kappa shape index (κ2) is 4.23. The Kier molecular flexibility index (Phi) is 3.23. The Morgan fingerprint density at radius 1 is 1.27 bits per heavy atom. The first-order valence-corrected chi connectivity index (χ1v) is 3.96. The molecule has 0 aromatic heterocycles. The third kappa shape index (κ3) is 3.27. The van der Waals surface area contributed by atoms with Crippen LogP contribution in [0.2, 0.25) is 0 Å². The van der Waals surface area contributed by atoms with Gasteiger partial charge in [-0.05, 0) is 0 Å². The van der Waals surface area contributed by atoms with Crippen LogP contribution in [0.15, 0.2) is 36.4 Å². The van der Waals surface area contributed by atoms with Gasteiger partial charge in [0.2, 0.25) is 0 Å². The van der Waals surface area contributed by atoms with E-state index in [1.54, 1.807) is 6.08 Å². The predicted octanol–water partition coefficient (Wildman–Crippen LogP) is 1.77. The van der Waals surface area contributed by atoms with Crippen molar-refractivity contribution in [2.24, 2.45) is 0 Å². The molecule has 0 amide bonds. The van der Waals surface area contributed by atoms with Gasteiger partial charge in [-0.15, -0.1) is 0 Å². The number of carbonyl (C=O) groups is 1. The van der Waals surface area contributed by atoms with E-state index in [4.69, 9.17) is 0 Å². The van der Waals surface area contributed by atoms with Crippen molar-refractivity contribution >= 4 is 10.3 Å². The van der Waals surface area contributed by atoms with Crippen molar-refractivity contribution < 1.29 is 24.0 Å². The molecule has 0 radical (unpaired) electrons. The van der Waals surface area contributed by atoms with Crippen molar-refractivity contribution in [1.29, 1.82) is 0 Å². The van der Waals surface area contributed by atoms with Crippen LogP contribution in [-0.4, -0.2) is 4.26 Å². The molecule has 0 N–H and O–H groups in total. The third-order valence-corrected chi connectivity index (χ3v) is 1.46. The van der Waals surface area contributed by atoms with Crippen LogP contribution in [-0.2, 0) is 24.0 Å². The first kappa shape index (κ1) is 8.39. The second-order valence-electron chi connectivity index (χ2n) is 2.02. The molecule has 59 valence electrons. The van der Waals surface area contributed by atoms with Crippen molar-refractivity contribution in [1.82, 2.24) is 0 Å². The Hall–Kier alpha value is -0.708. The number of hydrogen-bond donors (Lipinski definition) is 0. The minimum absolute atomic E-state index is 0.0724. The Morgan fingerprint density at radius 2 is 1.91 bits per heavy atom. The van der Waals surface area contributed by atoms with Crippen molar-refractivity contribution in [2.75, 3.05) is 0 Å². The summed E-state index contributed by atoms with van der Waals surface area (Å²) in [7, 11) is 0. The number of allylic oxidation sites excluding steroid dienone is 1. The van der Waals surface area contributed by atoms with E-state index < -0.39 is 0 Å². The summed E-state index contributed by atoms with van der Waals surface area (Å²) in [5.74, 6) is 0. The Bertz CT molecular complexity index is 264. The van der Waals surface area contributed by atoms with E-state index in [9.17, 15) is 4.79 Å². The number of benzene rings is 1. The van der Waals surface area contributed by atoms with Crippen molar-refractivity contribution in [3.8, 4) is 0 Å². The fourth-order valence-corrected chi connectivity index (χ4v) is 0.850. The number of carbonyl (C=O) groups excluding carboxylic acids is 1. The predicted molar refractivity (Wildman–Crippen MR) is 40.5 cm³/mol. The van der Waals surface area contributed by atoms with Crippen LogP contribution >= 0.6 is 0 Å². The van der Waals surface area contributed by atoms with E-state index in [0.29, 0.717) is 0 Å². The molecule has 0 aliphatic heterocycles. The molecule has 0 unspecified atom stereocenters. The standard InChI is InChI=1S/C9H7O.Pd/c10-8-4-7-9-5-2-1-3-6-9;/h1-7H;. The van der Waals surface area contributed by atoms with E-state index in [2.05, 4.69) is 19.2 Å². The topological polar surface area (TPSA) is 17.1 Å². The molecule has 0 saturated heterocycles. The van der Waals surface area contributed by atoms with Gasteiger partial charge in [-0.3, -0.25) is 0 Å². The summed E-state index contributed by atoms with van der Waals surface area (Å²) in [6, 6.07) is 9.69. The number of rotatable bonds is 2. The summed E-state index contributed by atoms with van der Waals surface area (Å²) in [4.78, 5) is 10.5. The van der Waals surface area contributed by atoms with Crippen LogP contribution < -0.4 is 0 Å². The second-order valence-corrected chi connectivity index (χ2v) is 2.78. The van der Waals surface area contributed by atoms with Gasteiger partial charge in [0.15, 0.2) is 0 Å². The van der Waals surface area contributed by atoms with Gasteiger partial charge in [-0.25, -0.2) is 0 Å². The van der Waals surface area contributed by atoms with E-state index in [-0.39, 0.29) is 4.26 Å². The Balaban J connectivity index is 2.72. The molecule has 0 fully saturated rings. The molecular weight excluding hydrogens is 231 g/mol. The fraction of sp³-hybridized carbons (Fsp3) is 0. The maximum atomic E-state index is 10.5. The fourth-order valence-electron chi connectivity index (χ4n) is 0.721. The number of hydrogen-bond acceptors (Lipinski definition) is 1. The quantitative estimate of drug-likeness (QED) is 0.566. The molecule has 0 atom stereocenters. The van der Waals surface area contributed by atoms with Crippen molar-refractivity contribution in [2.45, 2.75) is 0 Å². The molecule has 0 spiro atoms. The average Bonchev–Trinajstić information content (AvgIpc) is 2.03. The molecule has 1 nitrogen and oxygen atoms in total. The molecule has 0 saturated carbocycles. The average molecular weight is 238 g/mol. The van der Waals surface area contributed by atoms with Gasteiger partial charge in [0.25, 0.3) is 0 Å². The molecule has 11 heavy (non-hydrogen) atoms. The first-order chi connectivity index (χ1) is 5.29. The van der Waals surface area contributed by atoms with Gasteiger partial charge in [-0.2, -0.15) is 0 Å². The molecular formula is C9H7OPd. The summed E-state index contributed by atoms with van der Waals surface area (Å²) in [6.07, 6.45) is 3.27. The van der Waals surface area contributed by atoms with Gasteiger partial charge in [0, 0.05) is 0 Å². The minimum atomic E-state index is -0.0724. The molecule has 0 heterocycles. The third-order valence-electron chi connectivity index (χ3n) is 1.20. The van der Waals surface area contributed by atoms with Gasteiger partial charge in [0.05, 0.1) is 0 Å². The van der Waals surface area contributed by atoms with Crippen LogP contribution in [0.4, 0.5) is 0 Å². The monoisotopic (exact) mass is 237 g/mol. The van der Waals surface area contributed by atoms with E-state index in [1.807, 2.05) is 30.3 Å². The first-order valence-electron chi connectivity index (χ1n) is 3.18. The van der Waals surface area contributed by atoms with Crippen molar-refractivity contribution in [3.63, 3.8) is 0 Å². The molecule has 0 aliphatic rings. The van der Waals surface area contributed by atoms with Crippen LogP contribution in [0.1, 0.15) is 5.56 Å². The summed E-state index contributed by atoms with van der Waals surface area (Å²) in [5, 5.41) is 0. The zero-order valence-corrected chi connectivity index (χ0v) is 7.32. The van der Waals surface area contributed by atoms with Gasteiger partial charge < -0.3 is 0 Å². The van der Waals surface area contributed by atoms with Gasteiger partial charge in [0.1, 0.15) is 0 Å². The maximum absolute atomic E-state index is 10.5. The molecule has 1 rings (SSSR count). The zero-order valence-electron chi connectivity index (χ0n) is 5.77. The van der Waals surface area contributed by atoms with Gasteiger partial charge >= 0.3 is 76.3 Å². The summed E-state index contributed by atoms with van der Waals surface area (Å²) in [6.45, 7) is 0. The van der Waals surface area contributed by atoms with E-state index in [1.165, 1.54) is 6.08 Å².